The van der Waals surface area contributed by atoms with Crippen LogP contribution in [0.15, 0.2) is 10.8 Å². The molecule has 1 aliphatic heterocycles. The lowest BCUT2D eigenvalue weighted by Crippen LogP contribution is -2.51. The molecule has 0 saturated carbocycles. The molecular weight excluding hydrogens is 232 g/mol. The molecule has 1 aliphatic rings. The van der Waals surface area contributed by atoms with Crippen LogP contribution in [0, 0.1) is 12.8 Å². The van der Waals surface area contributed by atoms with Crippen LogP contribution in [-0.4, -0.2) is 29.9 Å². The first-order valence-electron chi connectivity index (χ1n) is 6.19. The highest BCUT2D eigenvalue weighted by molar-refractivity contribution is 7.08. The maximum Gasteiger partial charge on any atom is 0.255 e. The molecule has 1 fully saturated rings. The van der Waals surface area contributed by atoms with E-state index in [1.807, 2.05) is 22.6 Å². The molecule has 0 aliphatic carbocycles. The maximum atomic E-state index is 12.5. The Balaban J connectivity index is 2.21. The van der Waals surface area contributed by atoms with Crippen LogP contribution < -0.4 is 5.73 Å². The standard InChI is InChI=1S/C13H20N2OS/c1-9-4-3-5-15(12(9)6-14)13(16)11-8-17-7-10(11)2/h7-9,12H,3-6,14H2,1-2H3/t9-,12-/m1/s1. The van der Waals surface area contributed by atoms with Crippen molar-refractivity contribution in [2.24, 2.45) is 11.7 Å². The first-order valence-corrected chi connectivity index (χ1v) is 7.13. The minimum atomic E-state index is 0.158. The van der Waals surface area contributed by atoms with Gasteiger partial charge in [-0.05, 0) is 36.6 Å². The van der Waals surface area contributed by atoms with Gasteiger partial charge < -0.3 is 10.6 Å². The smallest absolute Gasteiger partial charge is 0.255 e. The molecule has 1 saturated heterocycles. The van der Waals surface area contributed by atoms with Gasteiger partial charge in [-0.15, -0.1) is 0 Å². The van der Waals surface area contributed by atoms with E-state index >= 15 is 0 Å². The fourth-order valence-electron chi connectivity index (χ4n) is 2.60. The molecular formula is C13H20N2OS. The third-order valence-electron chi connectivity index (χ3n) is 3.70. The molecule has 2 N–H and O–H groups in total. The molecule has 3 nitrogen and oxygen atoms in total. The lowest BCUT2D eigenvalue weighted by atomic mass is 9.90. The zero-order valence-electron chi connectivity index (χ0n) is 10.5. The highest BCUT2D eigenvalue weighted by Gasteiger charge is 2.31. The fourth-order valence-corrected chi connectivity index (χ4v) is 3.42. The molecule has 0 radical (unpaired) electrons. The van der Waals surface area contributed by atoms with Crippen molar-refractivity contribution in [2.45, 2.75) is 32.7 Å². The van der Waals surface area contributed by atoms with Gasteiger partial charge in [0.15, 0.2) is 0 Å². The van der Waals surface area contributed by atoms with Crippen molar-refractivity contribution in [3.63, 3.8) is 0 Å². The Labute approximate surface area is 107 Å². The largest absolute Gasteiger partial charge is 0.334 e. The van der Waals surface area contributed by atoms with E-state index in [0.29, 0.717) is 12.5 Å². The summed E-state index contributed by atoms with van der Waals surface area (Å²) in [6, 6.07) is 0.204. The number of nitrogens with two attached hydrogens (primary N) is 1. The second-order valence-electron chi connectivity index (χ2n) is 4.89. The Morgan fingerprint density at radius 2 is 2.35 bits per heavy atom. The lowest BCUT2D eigenvalue weighted by Gasteiger charge is -2.39. The molecule has 0 spiro atoms. The Kier molecular flexibility index (Phi) is 3.84. The van der Waals surface area contributed by atoms with E-state index in [0.717, 1.165) is 24.1 Å². The molecule has 2 atom stereocenters. The van der Waals surface area contributed by atoms with Crippen molar-refractivity contribution in [1.29, 1.82) is 0 Å². The zero-order chi connectivity index (χ0) is 12.4. The molecule has 94 valence electrons. The Morgan fingerprint density at radius 1 is 1.59 bits per heavy atom. The minimum absolute atomic E-state index is 0.158. The second kappa shape index (κ2) is 5.19. The van der Waals surface area contributed by atoms with Crippen molar-refractivity contribution in [1.82, 2.24) is 4.90 Å². The lowest BCUT2D eigenvalue weighted by molar-refractivity contribution is 0.0532. The van der Waals surface area contributed by atoms with Gasteiger partial charge in [-0.25, -0.2) is 0 Å². The molecule has 2 heterocycles. The highest BCUT2D eigenvalue weighted by atomic mass is 32.1. The molecule has 0 aromatic carbocycles. The molecule has 1 aromatic heterocycles. The average molecular weight is 252 g/mol. The molecule has 1 amide bonds. The minimum Gasteiger partial charge on any atom is -0.334 e. The third kappa shape index (κ3) is 2.38. The Morgan fingerprint density at radius 3 is 2.94 bits per heavy atom. The van der Waals surface area contributed by atoms with Crippen molar-refractivity contribution in [3.8, 4) is 0 Å². The van der Waals surface area contributed by atoms with Gasteiger partial charge in [0, 0.05) is 24.5 Å². The number of nitrogens with zero attached hydrogens (tertiary/aromatic N) is 1. The van der Waals surface area contributed by atoms with E-state index < -0.39 is 0 Å². The molecule has 2 rings (SSSR count). The van der Waals surface area contributed by atoms with Crippen molar-refractivity contribution < 1.29 is 4.79 Å². The van der Waals surface area contributed by atoms with Crippen LogP contribution in [0.25, 0.3) is 0 Å². The van der Waals surface area contributed by atoms with Crippen LogP contribution in [-0.2, 0) is 0 Å². The molecule has 17 heavy (non-hydrogen) atoms. The Hall–Kier alpha value is -0.870. The number of carbonyl (C=O) groups excluding carboxylic acids is 1. The van der Waals surface area contributed by atoms with Crippen LogP contribution >= 0.6 is 11.3 Å². The van der Waals surface area contributed by atoms with Gasteiger partial charge in [0.1, 0.15) is 0 Å². The van der Waals surface area contributed by atoms with E-state index in [1.165, 1.54) is 6.42 Å². The normalized spacial score (nSPS) is 25.0. The van der Waals surface area contributed by atoms with Crippen LogP contribution in [0.4, 0.5) is 0 Å². The van der Waals surface area contributed by atoms with Crippen LogP contribution in [0.5, 0.6) is 0 Å². The van der Waals surface area contributed by atoms with Gasteiger partial charge >= 0.3 is 0 Å². The number of amides is 1. The molecule has 0 unspecified atom stereocenters. The number of piperidine rings is 1. The topological polar surface area (TPSA) is 46.3 Å². The number of carbonyl (C=O) groups is 1. The number of likely N-dealkylation sites (tertiary alicyclic amines) is 1. The summed E-state index contributed by atoms with van der Waals surface area (Å²) in [5.41, 5.74) is 7.75. The summed E-state index contributed by atoms with van der Waals surface area (Å²) in [6.45, 7) is 5.60. The zero-order valence-corrected chi connectivity index (χ0v) is 11.3. The summed E-state index contributed by atoms with van der Waals surface area (Å²) < 4.78 is 0. The second-order valence-corrected chi connectivity index (χ2v) is 5.63. The van der Waals surface area contributed by atoms with Gasteiger partial charge in [0.05, 0.1) is 5.56 Å². The van der Waals surface area contributed by atoms with Gasteiger partial charge in [-0.2, -0.15) is 11.3 Å². The van der Waals surface area contributed by atoms with Gasteiger partial charge in [-0.3, -0.25) is 4.79 Å². The molecule has 4 heteroatoms. The first kappa shape index (κ1) is 12.6. The van der Waals surface area contributed by atoms with Crippen molar-refractivity contribution in [3.05, 3.63) is 21.9 Å². The van der Waals surface area contributed by atoms with Crippen LogP contribution in [0.3, 0.4) is 0 Å². The van der Waals surface area contributed by atoms with Crippen LogP contribution in [0.1, 0.15) is 35.7 Å². The van der Waals surface area contributed by atoms with E-state index in [1.54, 1.807) is 11.3 Å². The summed E-state index contributed by atoms with van der Waals surface area (Å²) >= 11 is 1.59. The van der Waals surface area contributed by atoms with Crippen LogP contribution in [0.2, 0.25) is 0 Å². The third-order valence-corrected chi connectivity index (χ3v) is 4.57. The van der Waals surface area contributed by atoms with Crippen molar-refractivity contribution in [2.75, 3.05) is 13.1 Å². The van der Waals surface area contributed by atoms with Gasteiger partial charge in [-0.1, -0.05) is 6.92 Å². The van der Waals surface area contributed by atoms with Gasteiger partial charge in [0.25, 0.3) is 5.91 Å². The van der Waals surface area contributed by atoms with E-state index in [-0.39, 0.29) is 11.9 Å². The summed E-state index contributed by atoms with van der Waals surface area (Å²) in [5.74, 6) is 0.669. The maximum absolute atomic E-state index is 12.5. The highest BCUT2D eigenvalue weighted by Crippen LogP contribution is 2.26. The number of thiophene rings is 1. The SMILES string of the molecule is Cc1cscc1C(=O)N1CCC[C@@H](C)[C@H]1CN. The quantitative estimate of drug-likeness (QED) is 0.877. The molecule has 1 aromatic rings. The summed E-state index contributed by atoms with van der Waals surface area (Å²) in [7, 11) is 0. The van der Waals surface area contributed by atoms with E-state index in [2.05, 4.69) is 6.92 Å². The first-order chi connectivity index (χ1) is 8.15. The van der Waals surface area contributed by atoms with E-state index in [4.69, 9.17) is 5.73 Å². The summed E-state index contributed by atoms with van der Waals surface area (Å²) in [4.78, 5) is 14.4. The monoisotopic (exact) mass is 252 g/mol. The molecule has 0 bridgehead atoms. The average Bonchev–Trinajstić information content (AvgIpc) is 2.74. The number of rotatable bonds is 2. The van der Waals surface area contributed by atoms with Gasteiger partial charge in [0.2, 0.25) is 0 Å². The predicted octanol–water partition coefficient (Wildman–Crippen LogP) is 2.26. The fraction of sp³-hybridized carbons (Fsp3) is 0.615. The number of hydrogen-bond acceptors (Lipinski definition) is 3. The number of hydrogen-bond donors (Lipinski definition) is 1. The number of aryl methyl sites for hydroxylation is 1. The summed E-state index contributed by atoms with van der Waals surface area (Å²) in [6.07, 6.45) is 2.26. The predicted molar refractivity (Wildman–Crippen MR) is 71.3 cm³/mol. The van der Waals surface area contributed by atoms with E-state index in [9.17, 15) is 4.79 Å². The summed E-state index contributed by atoms with van der Waals surface area (Å²) in [5, 5.41) is 3.97. The Bertz CT molecular complexity index is 402. The van der Waals surface area contributed by atoms with Crippen molar-refractivity contribution >= 4 is 17.2 Å².